The largest absolute Gasteiger partial charge is 0.497 e. The Balaban J connectivity index is 2.10. The molecule has 0 amide bonds. The summed E-state index contributed by atoms with van der Waals surface area (Å²) in [5.41, 5.74) is 1.52. The van der Waals surface area contributed by atoms with Crippen molar-refractivity contribution >= 4 is 12.6 Å². The molecule has 1 aromatic rings. The number of likely N-dealkylation sites (tertiary alicyclic amines) is 1. The number of ether oxygens (including phenoxy) is 1. The number of methoxy groups -OCH3 is 1. The van der Waals surface area contributed by atoms with Crippen LogP contribution in [0.2, 0.25) is 0 Å². The molecule has 1 aromatic carbocycles. The molecule has 1 fully saturated rings. The van der Waals surface area contributed by atoms with Gasteiger partial charge in [-0.25, -0.2) is 0 Å². The van der Waals surface area contributed by atoms with Crippen molar-refractivity contribution in [1.82, 2.24) is 9.80 Å². The van der Waals surface area contributed by atoms with Crippen LogP contribution in [0.5, 0.6) is 5.75 Å². The Labute approximate surface area is 127 Å². The van der Waals surface area contributed by atoms with Crippen LogP contribution in [0.4, 0.5) is 0 Å². The highest BCUT2D eigenvalue weighted by atomic mass is 16.5. The van der Waals surface area contributed by atoms with E-state index < -0.39 is 7.12 Å². The van der Waals surface area contributed by atoms with Crippen LogP contribution in [-0.4, -0.2) is 67.3 Å². The maximum atomic E-state index is 9.45. The van der Waals surface area contributed by atoms with E-state index in [-0.39, 0.29) is 0 Å². The first-order valence-electron chi connectivity index (χ1n) is 7.43. The molecule has 1 aliphatic rings. The lowest BCUT2D eigenvalue weighted by Gasteiger charge is -2.27. The highest BCUT2D eigenvalue weighted by Gasteiger charge is 2.25. The van der Waals surface area contributed by atoms with Gasteiger partial charge in [-0.05, 0) is 45.1 Å². The zero-order valence-corrected chi connectivity index (χ0v) is 13.1. The lowest BCUT2D eigenvalue weighted by Crippen LogP contribution is -2.37. The van der Waals surface area contributed by atoms with Crippen molar-refractivity contribution in [1.29, 1.82) is 0 Å². The second-order valence-corrected chi connectivity index (χ2v) is 5.98. The fourth-order valence-corrected chi connectivity index (χ4v) is 3.05. The molecule has 1 saturated heterocycles. The molecule has 21 heavy (non-hydrogen) atoms. The van der Waals surface area contributed by atoms with Gasteiger partial charge in [-0.1, -0.05) is 12.1 Å². The molecular formula is C15H25BN2O3. The van der Waals surface area contributed by atoms with Crippen LogP contribution in [0.3, 0.4) is 0 Å². The lowest BCUT2D eigenvalue weighted by atomic mass is 9.78. The maximum Gasteiger partial charge on any atom is 0.492 e. The fourth-order valence-electron chi connectivity index (χ4n) is 3.05. The summed E-state index contributed by atoms with van der Waals surface area (Å²) in [6.07, 6.45) is 2.45. The van der Waals surface area contributed by atoms with Gasteiger partial charge in [0.25, 0.3) is 0 Å². The molecular weight excluding hydrogens is 267 g/mol. The molecule has 0 aliphatic carbocycles. The van der Waals surface area contributed by atoms with Crippen molar-refractivity contribution in [2.24, 2.45) is 0 Å². The minimum Gasteiger partial charge on any atom is -0.497 e. The molecule has 0 radical (unpaired) electrons. The van der Waals surface area contributed by atoms with Crippen molar-refractivity contribution in [3.8, 4) is 5.75 Å². The summed E-state index contributed by atoms with van der Waals surface area (Å²) in [5.74, 6) is 0.514. The summed E-state index contributed by atoms with van der Waals surface area (Å²) in [4.78, 5) is 4.69. The van der Waals surface area contributed by atoms with E-state index >= 15 is 0 Å². The standard InChI is InChI=1S/C15H25BN2O3/c1-17(2)11-13-5-4-8-18(13)10-12-6-7-15(21-3)14(9-12)16(19)20/h6-7,9,13,19-20H,4-5,8,10-11H2,1-3H3. The zero-order chi connectivity index (χ0) is 15.4. The van der Waals surface area contributed by atoms with Crippen LogP contribution in [0.25, 0.3) is 0 Å². The molecule has 0 aromatic heterocycles. The smallest absolute Gasteiger partial charge is 0.492 e. The summed E-state index contributed by atoms with van der Waals surface area (Å²) < 4.78 is 5.17. The van der Waals surface area contributed by atoms with Gasteiger partial charge in [0.1, 0.15) is 5.75 Å². The Kier molecular flexibility index (Phi) is 5.64. The lowest BCUT2D eigenvalue weighted by molar-refractivity contribution is 0.201. The Hall–Kier alpha value is -1.08. The second kappa shape index (κ2) is 7.27. The van der Waals surface area contributed by atoms with Crippen LogP contribution >= 0.6 is 0 Å². The molecule has 6 heteroatoms. The fraction of sp³-hybridized carbons (Fsp3) is 0.600. The Morgan fingerprint density at radius 3 is 2.76 bits per heavy atom. The average molecular weight is 292 g/mol. The third-order valence-electron chi connectivity index (χ3n) is 4.03. The van der Waals surface area contributed by atoms with Gasteiger partial charge in [0.15, 0.2) is 0 Å². The monoisotopic (exact) mass is 292 g/mol. The third kappa shape index (κ3) is 4.20. The Bertz CT molecular complexity index is 468. The molecule has 0 bridgehead atoms. The van der Waals surface area contributed by atoms with Gasteiger partial charge < -0.3 is 19.7 Å². The van der Waals surface area contributed by atoms with Crippen LogP contribution in [0, 0.1) is 0 Å². The van der Waals surface area contributed by atoms with Crippen molar-refractivity contribution in [3.05, 3.63) is 23.8 Å². The molecule has 1 unspecified atom stereocenters. The van der Waals surface area contributed by atoms with Gasteiger partial charge >= 0.3 is 7.12 Å². The molecule has 1 heterocycles. The van der Waals surface area contributed by atoms with E-state index in [4.69, 9.17) is 4.74 Å². The first-order valence-corrected chi connectivity index (χ1v) is 7.43. The summed E-state index contributed by atoms with van der Waals surface area (Å²) in [7, 11) is 4.24. The predicted molar refractivity (Wildman–Crippen MR) is 84.8 cm³/mol. The molecule has 5 nitrogen and oxygen atoms in total. The van der Waals surface area contributed by atoms with E-state index in [0.717, 1.165) is 25.2 Å². The van der Waals surface area contributed by atoms with E-state index in [1.54, 1.807) is 6.07 Å². The SMILES string of the molecule is COc1ccc(CN2CCCC2CN(C)C)cc1B(O)O. The van der Waals surface area contributed by atoms with Gasteiger partial charge in [0, 0.05) is 24.6 Å². The van der Waals surface area contributed by atoms with Gasteiger partial charge in [-0.15, -0.1) is 0 Å². The van der Waals surface area contributed by atoms with Crippen LogP contribution in [0.15, 0.2) is 18.2 Å². The van der Waals surface area contributed by atoms with Gasteiger partial charge in [-0.2, -0.15) is 0 Å². The van der Waals surface area contributed by atoms with Gasteiger partial charge in [0.2, 0.25) is 0 Å². The number of rotatable bonds is 6. The molecule has 1 atom stereocenters. The highest BCUT2D eigenvalue weighted by Crippen LogP contribution is 2.21. The zero-order valence-electron chi connectivity index (χ0n) is 13.1. The molecule has 0 spiro atoms. The van der Waals surface area contributed by atoms with Crippen LogP contribution in [0.1, 0.15) is 18.4 Å². The van der Waals surface area contributed by atoms with E-state index in [1.807, 2.05) is 12.1 Å². The number of benzene rings is 1. The third-order valence-corrected chi connectivity index (χ3v) is 4.03. The van der Waals surface area contributed by atoms with Gasteiger partial charge in [-0.3, -0.25) is 4.90 Å². The molecule has 0 saturated carbocycles. The van der Waals surface area contributed by atoms with E-state index in [9.17, 15) is 10.0 Å². The summed E-state index contributed by atoms with van der Waals surface area (Å²) in [5, 5.41) is 18.9. The maximum absolute atomic E-state index is 9.45. The predicted octanol–water partition coefficient (Wildman–Crippen LogP) is -0.0990. The van der Waals surface area contributed by atoms with E-state index in [1.165, 1.54) is 20.0 Å². The number of likely N-dealkylation sites (N-methyl/N-ethyl adjacent to an activating group) is 1. The van der Waals surface area contributed by atoms with Crippen LogP contribution < -0.4 is 10.2 Å². The molecule has 116 valence electrons. The molecule has 2 N–H and O–H groups in total. The molecule has 2 rings (SSSR count). The first-order chi connectivity index (χ1) is 10.0. The normalized spacial score (nSPS) is 19.2. The van der Waals surface area contributed by atoms with Crippen LogP contribution in [-0.2, 0) is 6.54 Å². The van der Waals surface area contributed by atoms with Crippen molar-refractivity contribution in [2.75, 3.05) is 34.3 Å². The minimum atomic E-state index is -1.50. The summed E-state index contributed by atoms with van der Waals surface area (Å²) in [6.45, 7) is 3.00. The van der Waals surface area contributed by atoms with Crippen molar-refractivity contribution in [2.45, 2.75) is 25.4 Å². The minimum absolute atomic E-state index is 0.429. The number of nitrogens with zero attached hydrogens (tertiary/aromatic N) is 2. The summed E-state index contributed by atoms with van der Waals surface area (Å²) in [6, 6.07) is 6.20. The van der Waals surface area contributed by atoms with E-state index in [2.05, 4.69) is 23.9 Å². The Morgan fingerprint density at radius 2 is 2.14 bits per heavy atom. The summed E-state index contributed by atoms with van der Waals surface area (Å²) >= 11 is 0. The quantitative estimate of drug-likeness (QED) is 0.717. The number of hydrogen-bond donors (Lipinski definition) is 2. The topological polar surface area (TPSA) is 56.2 Å². The first kappa shape index (κ1) is 16.3. The van der Waals surface area contributed by atoms with Crippen molar-refractivity contribution in [3.63, 3.8) is 0 Å². The Morgan fingerprint density at radius 1 is 1.38 bits per heavy atom. The van der Waals surface area contributed by atoms with Crippen molar-refractivity contribution < 1.29 is 14.8 Å². The average Bonchev–Trinajstić information content (AvgIpc) is 2.85. The highest BCUT2D eigenvalue weighted by molar-refractivity contribution is 6.59. The van der Waals surface area contributed by atoms with E-state index in [0.29, 0.717) is 17.3 Å². The second-order valence-electron chi connectivity index (χ2n) is 5.98. The van der Waals surface area contributed by atoms with Gasteiger partial charge in [0.05, 0.1) is 7.11 Å². The number of hydrogen-bond acceptors (Lipinski definition) is 5. The molecule has 1 aliphatic heterocycles.